The summed E-state index contributed by atoms with van der Waals surface area (Å²) >= 11 is 0. The average Bonchev–Trinajstić information content (AvgIpc) is 3.43. The van der Waals surface area contributed by atoms with Gasteiger partial charge >= 0.3 is 17.9 Å². The first-order valence-electron chi connectivity index (χ1n) is 32.7. The fourth-order valence-electron chi connectivity index (χ4n) is 9.18. The second-order valence-electron chi connectivity index (χ2n) is 21.6. The Morgan fingerprint density at radius 2 is 0.506 bits per heavy atom. The fourth-order valence-corrected chi connectivity index (χ4v) is 9.18. The molecule has 0 aromatic heterocycles. The first-order valence-corrected chi connectivity index (χ1v) is 32.7. The molecule has 0 saturated heterocycles. The number of carbonyl (C=O) groups excluding carboxylic acids is 3. The zero-order valence-corrected chi connectivity index (χ0v) is 50.7. The van der Waals surface area contributed by atoms with Crippen molar-refractivity contribution >= 4 is 17.9 Å². The summed E-state index contributed by atoms with van der Waals surface area (Å²) in [5.41, 5.74) is 0. The van der Waals surface area contributed by atoms with Crippen LogP contribution < -0.4 is 0 Å². The maximum Gasteiger partial charge on any atom is 0.306 e. The minimum atomic E-state index is -0.791. The van der Waals surface area contributed by atoms with Gasteiger partial charge in [-0.3, -0.25) is 14.4 Å². The van der Waals surface area contributed by atoms with Gasteiger partial charge in [0.15, 0.2) is 6.10 Å². The number of allylic oxidation sites excluding steroid dienone is 16. The Morgan fingerprint density at radius 3 is 0.818 bits per heavy atom. The first kappa shape index (κ1) is 73.3. The van der Waals surface area contributed by atoms with Crippen molar-refractivity contribution in [2.24, 2.45) is 0 Å². The number of hydrogen-bond donors (Lipinski definition) is 0. The molecule has 1 unspecified atom stereocenters. The fraction of sp³-hybridized carbons (Fsp3) is 0.732. The second-order valence-corrected chi connectivity index (χ2v) is 21.6. The number of carbonyl (C=O) groups is 3. The molecule has 1 atom stereocenters. The molecule has 0 spiro atoms. The predicted molar refractivity (Wildman–Crippen MR) is 334 cm³/mol. The van der Waals surface area contributed by atoms with Gasteiger partial charge in [-0.15, -0.1) is 0 Å². The van der Waals surface area contributed by atoms with Crippen LogP contribution in [-0.2, 0) is 28.6 Å². The van der Waals surface area contributed by atoms with E-state index in [0.717, 1.165) is 109 Å². The number of rotatable bonds is 59. The minimum Gasteiger partial charge on any atom is -0.462 e. The highest BCUT2D eigenvalue weighted by Gasteiger charge is 2.19. The zero-order chi connectivity index (χ0) is 55.7. The highest BCUT2D eigenvalue weighted by Crippen LogP contribution is 2.16. The van der Waals surface area contributed by atoms with Crippen molar-refractivity contribution in [2.75, 3.05) is 13.2 Å². The van der Waals surface area contributed by atoms with Crippen molar-refractivity contribution in [2.45, 2.75) is 322 Å². The minimum absolute atomic E-state index is 0.0861. The van der Waals surface area contributed by atoms with Gasteiger partial charge < -0.3 is 14.2 Å². The van der Waals surface area contributed by atoms with Gasteiger partial charge in [-0.2, -0.15) is 0 Å². The van der Waals surface area contributed by atoms with Gasteiger partial charge in [0, 0.05) is 19.3 Å². The lowest BCUT2D eigenvalue weighted by molar-refractivity contribution is -0.167. The molecule has 0 aromatic rings. The quantitative estimate of drug-likeness (QED) is 0.0261. The Balaban J connectivity index is 4.27. The summed E-state index contributed by atoms with van der Waals surface area (Å²) in [6.45, 7) is 6.50. The van der Waals surface area contributed by atoms with Crippen molar-refractivity contribution in [3.05, 3.63) is 97.2 Å². The SMILES string of the molecule is CC/C=C\C/C=C\C/C=C\C/C=C\C/C=C\C/C=C\C/C=C\CCCCCC(=O)OCC(COC(=O)CCCCCCCCCCC)OC(=O)CCCCCCCCCCCCCCC/C=C\CCCCCCCCCC. The van der Waals surface area contributed by atoms with Crippen LogP contribution in [0.4, 0.5) is 0 Å². The van der Waals surface area contributed by atoms with Crippen LogP contribution in [0.15, 0.2) is 97.2 Å². The molecule has 0 radical (unpaired) electrons. The van der Waals surface area contributed by atoms with Crippen LogP contribution in [0.3, 0.4) is 0 Å². The lowest BCUT2D eigenvalue weighted by Gasteiger charge is -2.18. The normalized spacial score (nSPS) is 12.7. The van der Waals surface area contributed by atoms with E-state index < -0.39 is 6.10 Å². The highest BCUT2D eigenvalue weighted by molar-refractivity contribution is 5.71. The summed E-state index contributed by atoms with van der Waals surface area (Å²) in [6.07, 6.45) is 87.2. The molecule has 0 aromatic carbocycles. The third kappa shape index (κ3) is 63.0. The van der Waals surface area contributed by atoms with Crippen LogP contribution in [-0.4, -0.2) is 37.2 Å². The largest absolute Gasteiger partial charge is 0.462 e. The topological polar surface area (TPSA) is 78.9 Å². The molecule has 0 heterocycles. The summed E-state index contributed by atoms with van der Waals surface area (Å²) in [6, 6.07) is 0. The first-order chi connectivity index (χ1) is 38.0. The lowest BCUT2D eigenvalue weighted by Crippen LogP contribution is -2.30. The molecular formula is C71H122O6. The second kappa shape index (κ2) is 64.9. The number of unbranched alkanes of at least 4 members (excludes halogenated alkanes) is 32. The molecule has 77 heavy (non-hydrogen) atoms. The lowest BCUT2D eigenvalue weighted by atomic mass is 10.0. The number of hydrogen-bond acceptors (Lipinski definition) is 6. The van der Waals surface area contributed by atoms with Gasteiger partial charge in [0.05, 0.1) is 0 Å². The molecule has 0 fully saturated rings. The van der Waals surface area contributed by atoms with Crippen molar-refractivity contribution in [3.63, 3.8) is 0 Å². The maximum absolute atomic E-state index is 12.9. The van der Waals surface area contributed by atoms with E-state index in [-0.39, 0.29) is 31.1 Å². The van der Waals surface area contributed by atoms with Crippen molar-refractivity contribution in [3.8, 4) is 0 Å². The molecule has 0 rings (SSSR count). The smallest absolute Gasteiger partial charge is 0.306 e. The molecule has 0 aliphatic carbocycles. The van der Waals surface area contributed by atoms with Crippen LogP contribution in [0.1, 0.15) is 316 Å². The van der Waals surface area contributed by atoms with Crippen LogP contribution in [0.5, 0.6) is 0 Å². The summed E-state index contributed by atoms with van der Waals surface area (Å²) in [5.74, 6) is -0.913. The standard InChI is InChI=1S/C71H122O6/c1-4-7-10-13-16-19-21-23-25-27-29-31-33-35-37-39-41-43-45-47-49-52-55-58-61-64-70(73)76-67-68(66-75-69(72)63-60-57-54-51-18-15-12-9-6-3)77-71(74)65-62-59-56-53-50-48-46-44-42-40-38-36-34-32-30-28-26-24-22-20-17-14-11-8-5-2/h7,10,16,19,23,25,28-31,35,37,41,43,47,49,68H,4-6,8-9,11-15,17-18,20-22,24,26-27,32-34,36,38-40,42,44-46,48,50-67H2,1-3H3/b10-7-,19-16-,25-23-,30-28-,31-29-,37-35-,43-41-,49-47-. The van der Waals surface area contributed by atoms with E-state index in [0.29, 0.717) is 19.3 Å². The average molecular weight is 1070 g/mol. The third-order valence-corrected chi connectivity index (χ3v) is 14.1. The Bertz CT molecular complexity index is 1510. The number of ether oxygens (including phenoxy) is 3. The van der Waals surface area contributed by atoms with Gasteiger partial charge in [0.1, 0.15) is 13.2 Å². The predicted octanol–water partition coefficient (Wildman–Crippen LogP) is 22.4. The summed E-state index contributed by atoms with van der Waals surface area (Å²) < 4.78 is 16.9. The Morgan fingerprint density at radius 1 is 0.273 bits per heavy atom. The summed E-state index contributed by atoms with van der Waals surface area (Å²) in [4.78, 5) is 38.2. The third-order valence-electron chi connectivity index (χ3n) is 14.1. The maximum atomic E-state index is 12.9. The van der Waals surface area contributed by atoms with E-state index in [1.807, 2.05) is 0 Å². The summed E-state index contributed by atoms with van der Waals surface area (Å²) in [5, 5.41) is 0. The Hall–Kier alpha value is -3.67. The van der Waals surface area contributed by atoms with E-state index in [4.69, 9.17) is 14.2 Å². The van der Waals surface area contributed by atoms with E-state index in [9.17, 15) is 14.4 Å². The van der Waals surface area contributed by atoms with E-state index in [2.05, 4.69) is 118 Å². The molecule has 0 amide bonds. The van der Waals surface area contributed by atoms with Crippen molar-refractivity contribution < 1.29 is 28.6 Å². The molecule has 0 aliphatic heterocycles. The van der Waals surface area contributed by atoms with E-state index >= 15 is 0 Å². The zero-order valence-electron chi connectivity index (χ0n) is 50.7. The molecule has 0 saturated carbocycles. The monoisotopic (exact) mass is 1070 g/mol. The molecular weight excluding hydrogens is 949 g/mol. The molecule has 442 valence electrons. The van der Waals surface area contributed by atoms with E-state index in [1.165, 1.54) is 167 Å². The van der Waals surface area contributed by atoms with Crippen LogP contribution >= 0.6 is 0 Å². The molecule has 0 aliphatic rings. The van der Waals surface area contributed by atoms with Crippen LogP contribution in [0.2, 0.25) is 0 Å². The van der Waals surface area contributed by atoms with Gasteiger partial charge in [-0.1, -0.05) is 291 Å². The van der Waals surface area contributed by atoms with Gasteiger partial charge in [0.25, 0.3) is 0 Å². The van der Waals surface area contributed by atoms with Crippen LogP contribution in [0, 0.1) is 0 Å². The van der Waals surface area contributed by atoms with Gasteiger partial charge in [0.2, 0.25) is 0 Å². The van der Waals surface area contributed by atoms with Crippen molar-refractivity contribution in [1.29, 1.82) is 0 Å². The molecule has 0 bridgehead atoms. The van der Waals surface area contributed by atoms with Gasteiger partial charge in [-0.25, -0.2) is 0 Å². The number of esters is 3. The van der Waals surface area contributed by atoms with Gasteiger partial charge in [-0.05, 0) is 103 Å². The molecule has 6 heteroatoms. The molecule has 6 nitrogen and oxygen atoms in total. The van der Waals surface area contributed by atoms with E-state index in [1.54, 1.807) is 0 Å². The Labute approximate surface area is 477 Å². The van der Waals surface area contributed by atoms with Crippen molar-refractivity contribution in [1.82, 2.24) is 0 Å². The summed E-state index contributed by atoms with van der Waals surface area (Å²) in [7, 11) is 0. The Kier molecular flexibility index (Phi) is 61.8. The van der Waals surface area contributed by atoms with Crippen LogP contribution in [0.25, 0.3) is 0 Å². The highest BCUT2D eigenvalue weighted by atomic mass is 16.6. The molecule has 0 N–H and O–H groups in total.